The number of nitrogens with zero attached hydrogens (tertiary/aromatic N) is 5. The summed E-state index contributed by atoms with van der Waals surface area (Å²) in [4.78, 5) is 23.0. The molecular formula is C24H32N6O2S. The molecule has 1 N–H and O–H groups in total. The third-order valence-electron chi connectivity index (χ3n) is 6.57. The summed E-state index contributed by atoms with van der Waals surface area (Å²) in [7, 11) is 0. The molecule has 2 saturated heterocycles. The van der Waals surface area contributed by atoms with Crippen LogP contribution in [-0.2, 0) is 9.53 Å². The number of imidazole rings is 1. The molecule has 2 aromatic heterocycles. The fraction of sp³-hybridized carbons (Fsp3) is 0.542. The number of carbonyl (C=O) groups is 1. The lowest BCUT2D eigenvalue weighted by Gasteiger charge is -2.31. The molecule has 1 aromatic carbocycles. The molecule has 2 fully saturated rings. The van der Waals surface area contributed by atoms with E-state index in [4.69, 9.17) is 14.8 Å². The normalized spacial score (nSPS) is 18.2. The number of anilines is 1. The lowest BCUT2D eigenvalue weighted by molar-refractivity contribution is -0.125. The van der Waals surface area contributed by atoms with Gasteiger partial charge in [0.05, 0.1) is 25.1 Å². The van der Waals surface area contributed by atoms with Gasteiger partial charge in [-0.15, -0.1) is 5.10 Å². The van der Waals surface area contributed by atoms with Gasteiger partial charge in [0.2, 0.25) is 16.0 Å². The molecule has 2 aliphatic rings. The maximum atomic E-state index is 12.6. The van der Waals surface area contributed by atoms with Crippen molar-refractivity contribution in [2.75, 3.05) is 57.4 Å². The Morgan fingerprint density at radius 3 is 2.64 bits per heavy atom. The summed E-state index contributed by atoms with van der Waals surface area (Å²) in [5, 5.41) is 8.89. The van der Waals surface area contributed by atoms with Crippen LogP contribution in [0.2, 0.25) is 0 Å². The van der Waals surface area contributed by atoms with Gasteiger partial charge in [-0.1, -0.05) is 41.2 Å². The van der Waals surface area contributed by atoms with Crippen LogP contribution in [0.15, 0.2) is 30.5 Å². The highest BCUT2D eigenvalue weighted by atomic mass is 32.1. The number of amides is 1. The number of nitrogens with one attached hydrogen (secondary N) is 1. The van der Waals surface area contributed by atoms with E-state index in [0.717, 1.165) is 93.1 Å². The van der Waals surface area contributed by atoms with Gasteiger partial charge in [0, 0.05) is 44.2 Å². The summed E-state index contributed by atoms with van der Waals surface area (Å²) in [5.41, 5.74) is 3.30. The Morgan fingerprint density at radius 2 is 1.91 bits per heavy atom. The lowest BCUT2D eigenvalue weighted by atomic mass is 9.96. The van der Waals surface area contributed by atoms with Crippen molar-refractivity contribution >= 4 is 27.3 Å². The van der Waals surface area contributed by atoms with Crippen molar-refractivity contribution in [3.63, 3.8) is 0 Å². The first-order valence-corrected chi connectivity index (χ1v) is 12.7. The van der Waals surface area contributed by atoms with Crippen LogP contribution in [0.4, 0.5) is 5.13 Å². The average molecular weight is 469 g/mol. The maximum absolute atomic E-state index is 12.6. The molecule has 0 bridgehead atoms. The molecule has 8 nitrogen and oxygen atoms in total. The van der Waals surface area contributed by atoms with Crippen LogP contribution in [0.25, 0.3) is 16.2 Å². The van der Waals surface area contributed by atoms with Gasteiger partial charge in [-0.25, -0.2) is 9.50 Å². The lowest BCUT2D eigenvalue weighted by Crippen LogP contribution is -2.42. The first-order valence-electron chi connectivity index (χ1n) is 11.9. The third-order valence-corrected chi connectivity index (χ3v) is 7.55. The van der Waals surface area contributed by atoms with E-state index in [0.29, 0.717) is 0 Å². The van der Waals surface area contributed by atoms with Gasteiger partial charge in [0.25, 0.3) is 0 Å². The van der Waals surface area contributed by atoms with E-state index in [1.807, 2.05) is 10.7 Å². The second-order valence-electron chi connectivity index (χ2n) is 8.96. The number of aromatic nitrogens is 3. The molecule has 5 rings (SSSR count). The molecule has 3 aromatic rings. The number of rotatable bonds is 7. The number of hydrogen-bond donors (Lipinski definition) is 1. The molecule has 0 radical (unpaired) electrons. The number of morpholine rings is 1. The highest BCUT2D eigenvalue weighted by Crippen LogP contribution is 2.29. The zero-order valence-electron chi connectivity index (χ0n) is 19.2. The van der Waals surface area contributed by atoms with E-state index in [1.54, 1.807) is 11.3 Å². The van der Waals surface area contributed by atoms with E-state index in [1.165, 1.54) is 5.56 Å². The molecule has 0 aliphatic carbocycles. The molecule has 9 heteroatoms. The summed E-state index contributed by atoms with van der Waals surface area (Å²) in [5.74, 6) is 0.301. The summed E-state index contributed by atoms with van der Waals surface area (Å²) in [6.45, 7) is 9.22. The van der Waals surface area contributed by atoms with Crippen LogP contribution in [-0.4, -0.2) is 77.9 Å². The molecule has 1 amide bonds. The molecule has 0 unspecified atom stereocenters. The highest BCUT2D eigenvalue weighted by molar-refractivity contribution is 7.20. The summed E-state index contributed by atoms with van der Waals surface area (Å²) in [6.07, 6.45) is 4.73. The Morgan fingerprint density at radius 1 is 1.15 bits per heavy atom. The van der Waals surface area contributed by atoms with Crippen LogP contribution < -0.4 is 10.2 Å². The molecule has 2 aliphatic heterocycles. The van der Waals surface area contributed by atoms with Gasteiger partial charge in [0.15, 0.2) is 0 Å². The van der Waals surface area contributed by atoms with Crippen molar-refractivity contribution in [1.29, 1.82) is 0 Å². The fourth-order valence-electron chi connectivity index (χ4n) is 4.50. The predicted molar refractivity (Wildman–Crippen MR) is 131 cm³/mol. The van der Waals surface area contributed by atoms with Crippen LogP contribution in [0.1, 0.15) is 24.8 Å². The number of piperidine rings is 1. The van der Waals surface area contributed by atoms with Gasteiger partial charge in [-0.05, 0) is 32.7 Å². The number of aryl methyl sites for hydroxylation is 1. The largest absolute Gasteiger partial charge is 0.379 e. The van der Waals surface area contributed by atoms with E-state index in [9.17, 15) is 4.79 Å². The number of hydrogen-bond acceptors (Lipinski definition) is 7. The summed E-state index contributed by atoms with van der Waals surface area (Å²) >= 11 is 1.61. The minimum atomic E-state index is 0.0989. The second kappa shape index (κ2) is 10.2. The van der Waals surface area contributed by atoms with E-state index < -0.39 is 0 Å². The summed E-state index contributed by atoms with van der Waals surface area (Å²) < 4.78 is 7.26. The fourth-order valence-corrected chi connectivity index (χ4v) is 5.43. The zero-order valence-corrected chi connectivity index (χ0v) is 20.0. The minimum absolute atomic E-state index is 0.0989. The molecule has 176 valence electrons. The Kier molecular flexibility index (Phi) is 6.89. The SMILES string of the molecule is Cc1ccc(-c2cn3nc(N4CCC(C(=O)NCCCN5CCOCC5)CC4)sc3n2)cc1. The van der Waals surface area contributed by atoms with Crippen molar-refractivity contribution < 1.29 is 9.53 Å². The Bertz CT molecular complexity index is 1030. The van der Waals surface area contributed by atoms with E-state index in [2.05, 4.69) is 46.3 Å². The predicted octanol–water partition coefficient (Wildman–Crippen LogP) is 2.82. The van der Waals surface area contributed by atoms with E-state index in [-0.39, 0.29) is 11.8 Å². The number of carbonyl (C=O) groups excluding carboxylic acids is 1. The minimum Gasteiger partial charge on any atom is -0.379 e. The molecular weight excluding hydrogens is 436 g/mol. The Labute approximate surface area is 198 Å². The smallest absolute Gasteiger partial charge is 0.223 e. The average Bonchev–Trinajstić information content (AvgIpc) is 3.43. The maximum Gasteiger partial charge on any atom is 0.223 e. The molecule has 33 heavy (non-hydrogen) atoms. The zero-order chi connectivity index (χ0) is 22.6. The van der Waals surface area contributed by atoms with Gasteiger partial charge in [-0.3, -0.25) is 9.69 Å². The highest BCUT2D eigenvalue weighted by Gasteiger charge is 2.26. The number of fused-ring (bicyclic) bond motifs is 1. The number of ether oxygens (including phenoxy) is 1. The topological polar surface area (TPSA) is 75.0 Å². The van der Waals surface area contributed by atoms with Crippen molar-refractivity contribution in [3.05, 3.63) is 36.0 Å². The van der Waals surface area contributed by atoms with Gasteiger partial charge >= 0.3 is 0 Å². The van der Waals surface area contributed by atoms with Crippen LogP contribution >= 0.6 is 11.3 Å². The molecule has 4 heterocycles. The van der Waals surface area contributed by atoms with Crippen molar-refractivity contribution in [3.8, 4) is 11.3 Å². The van der Waals surface area contributed by atoms with Gasteiger partial charge < -0.3 is 15.0 Å². The first kappa shape index (κ1) is 22.3. The second-order valence-corrected chi connectivity index (χ2v) is 9.90. The van der Waals surface area contributed by atoms with Crippen LogP contribution in [0.3, 0.4) is 0 Å². The monoisotopic (exact) mass is 468 g/mol. The molecule has 0 saturated carbocycles. The quantitative estimate of drug-likeness (QED) is 0.538. The van der Waals surface area contributed by atoms with Crippen molar-refractivity contribution in [1.82, 2.24) is 24.8 Å². The van der Waals surface area contributed by atoms with Gasteiger partial charge in [0.1, 0.15) is 0 Å². The van der Waals surface area contributed by atoms with Crippen LogP contribution in [0.5, 0.6) is 0 Å². The third kappa shape index (κ3) is 5.37. The van der Waals surface area contributed by atoms with Gasteiger partial charge in [-0.2, -0.15) is 0 Å². The molecule has 0 spiro atoms. The summed E-state index contributed by atoms with van der Waals surface area (Å²) in [6, 6.07) is 8.40. The Hall–Kier alpha value is -2.49. The van der Waals surface area contributed by atoms with Crippen molar-refractivity contribution in [2.24, 2.45) is 5.92 Å². The standard InChI is InChI=1S/C24H32N6O2S/c1-18-3-5-19(6-4-18)21-17-30-23(26-21)33-24(27-30)29-11-7-20(8-12-29)22(31)25-9-2-10-28-13-15-32-16-14-28/h3-6,17,20H,2,7-16H2,1H3,(H,25,31). The van der Waals surface area contributed by atoms with E-state index >= 15 is 0 Å². The number of benzene rings is 1. The van der Waals surface area contributed by atoms with Crippen LogP contribution in [0, 0.1) is 12.8 Å². The molecule has 0 atom stereocenters. The first-order chi connectivity index (χ1) is 16.2. The van der Waals surface area contributed by atoms with Crippen molar-refractivity contribution in [2.45, 2.75) is 26.2 Å². The Balaban J connectivity index is 1.09.